The van der Waals surface area contributed by atoms with Crippen LogP contribution in [-0.4, -0.2) is 52.7 Å². The van der Waals surface area contributed by atoms with Gasteiger partial charge in [-0.25, -0.2) is 4.79 Å². The average molecular weight is 423 g/mol. The number of hydrogen-bond acceptors (Lipinski definition) is 4. The molecule has 6 nitrogen and oxygen atoms in total. The van der Waals surface area contributed by atoms with E-state index in [9.17, 15) is 18.0 Å². The van der Waals surface area contributed by atoms with Crippen molar-refractivity contribution >= 4 is 37.7 Å². The molecule has 0 aromatic heterocycles. The molecule has 11 heteroatoms. The molecule has 0 amide bonds. The Morgan fingerprint density at radius 3 is 1.96 bits per heavy atom. The number of benzene rings is 1. The smallest absolute Gasteiger partial charge is 0.465 e. The van der Waals surface area contributed by atoms with Gasteiger partial charge in [-0.15, -0.1) is 0 Å². The van der Waals surface area contributed by atoms with E-state index in [1.165, 1.54) is 7.11 Å². The fourth-order valence-corrected chi connectivity index (χ4v) is 1.73. The lowest BCUT2D eigenvalue weighted by Crippen LogP contribution is -2.34. The number of ether oxygens (including phenoxy) is 1. The molecule has 0 saturated heterocycles. The van der Waals surface area contributed by atoms with Crippen LogP contribution in [0.2, 0.25) is 0 Å². The molecule has 1 rings (SSSR count). The van der Waals surface area contributed by atoms with Crippen LogP contribution >= 0.6 is 15.9 Å². The molecule has 1 N–H and O–H groups in total. The van der Waals surface area contributed by atoms with Crippen LogP contribution in [0.1, 0.15) is 10.4 Å². The van der Waals surface area contributed by atoms with Crippen LogP contribution in [0.5, 0.6) is 0 Å². The van der Waals surface area contributed by atoms with E-state index in [4.69, 9.17) is 13.0 Å². The number of esters is 1. The van der Waals surface area contributed by atoms with Crippen LogP contribution in [-0.2, 0) is 14.9 Å². The third kappa shape index (κ3) is 6.85. The van der Waals surface area contributed by atoms with Crippen molar-refractivity contribution in [2.45, 2.75) is 5.51 Å². The van der Waals surface area contributed by atoms with Crippen molar-refractivity contribution in [3.63, 3.8) is 0 Å². The van der Waals surface area contributed by atoms with Crippen LogP contribution in [0, 0.1) is 0 Å². The highest BCUT2D eigenvalue weighted by molar-refractivity contribution is 9.10. The molecule has 1 aromatic rings. The summed E-state index contributed by atoms with van der Waals surface area (Å²) in [5.74, 6) is -0.324. The Labute approximate surface area is 140 Å². The van der Waals surface area contributed by atoms with Gasteiger partial charge in [-0.05, 0) is 22.0 Å². The molecule has 0 aliphatic rings. The Hall–Kier alpha value is -1.17. The summed E-state index contributed by atoms with van der Waals surface area (Å²) in [4.78, 5) is 11.3. The van der Waals surface area contributed by atoms with Gasteiger partial charge in [0, 0.05) is 16.6 Å². The molecule has 132 valence electrons. The predicted octanol–water partition coefficient (Wildman–Crippen LogP) is 2.83. The number of carbonyl (C=O) groups is 1. The molecule has 0 fully saturated rings. The SMILES string of the molecule is COC(=O)c1ccc([N+](C)(C)C)cc1Br.O=S(=O)(O)C(F)(F)F. The topological polar surface area (TPSA) is 80.7 Å². The van der Waals surface area contributed by atoms with Crippen molar-refractivity contribution in [2.75, 3.05) is 28.3 Å². The van der Waals surface area contributed by atoms with Crippen molar-refractivity contribution < 1.29 is 35.7 Å². The summed E-state index contributed by atoms with van der Waals surface area (Å²) in [6.45, 7) is 0. The first-order valence-corrected chi connectivity index (χ1v) is 8.08. The Morgan fingerprint density at radius 2 is 1.70 bits per heavy atom. The maximum atomic E-state index is 11.3. The largest absolute Gasteiger partial charge is 0.522 e. The highest BCUT2D eigenvalue weighted by atomic mass is 79.9. The minimum atomic E-state index is -5.84. The molecular formula is C12H16BrF3NO5S+. The van der Waals surface area contributed by atoms with Gasteiger partial charge in [0.05, 0.1) is 33.8 Å². The minimum absolute atomic E-state index is 0.324. The van der Waals surface area contributed by atoms with E-state index >= 15 is 0 Å². The Morgan fingerprint density at radius 1 is 1.26 bits per heavy atom. The Kier molecular flexibility index (Phi) is 7.21. The van der Waals surface area contributed by atoms with Crippen molar-refractivity contribution in [1.82, 2.24) is 4.48 Å². The molecule has 0 heterocycles. The molecule has 0 unspecified atom stereocenters. The fraction of sp³-hybridized carbons (Fsp3) is 0.417. The molecule has 0 radical (unpaired) electrons. The van der Waals surface area contributed by atoms with Gasteiger partial charge in [-0.1, -0.05) is 0 Å². The van der Waals surface area contributed by atoms with Crippen molar-refractivity contribution in [3.05, 3.63) is 28.2 Å². The standard InChI is InChI=1S/C11H15BrNO2.CHF3O3S/c1-13(2,3)8-5-6-9(10(12)7-8)11(14)15-4;2-1(3,4)8(5,6)7/h5-7H,1-4H3;(H,5,6,7)/q+1;. The van der Waals surface area contributed by atoms with E-state index in [1.54, 1.807) is 6.07 Å². The normalized spacial score (nSPS) is 12.2. The van der Waals surface area contributed by atoms with E-state index in [2.05, 4.69) is 41.8 Å². The number of halogens is 4. The minimum Gasteiger partial charge on any atom is -0.465 e. The highest BCUT2D eigenvalue weighted by Crippen LogP contribution is 2.26. The van der Waals surface area contributed by atoms with Crippen molar-refractivity contribution in [2.24, 2.45) is 0 Å². The van der Waals surface area contributed by atoms with Gasteiger partial charge in [0.15, 0.2) is 0 Å². The highest BCUT2D eigenvalue weighted by Gasteiger charge is 2.44. The molecule has 0 spiro atoms. The number of hydrogen-bond donors (Lipinski definition) is 1. The first kappa shape index (κ1) is 21.8. The third-order valence-corrected chi connectivity index (χ3v) is 3.67. The van der Waals surface area contributed by atoms with Crippen LogP contribution < -0.4 is 4.48 Å². The number of methoxy groups -OCH3 is 1. The zero-order chi connectivity index (χ0) is 18.6. The van der Waals surface area contributed by atoms with E-state index < -0.39 is 15.6 Å². The molecule has 0 bridgehead atoms. The lowest BCUT2D eigenvalue weighted by Gasteiger charge is -2.23. The summed E-state index contributed by atoms with van der Waals surface area (Å²) in [5, 5.41) is 0. The molecule has 23 heavy (non-hydrogen) atoms. The third-order valence-electron chi connectivity index (χ3n) is 2.43. The van der Waals surface area contributed by atoms with Crippen LogP contribution in [0.15, 0.2) is 22.7 Å². The van der Waals surface area contributed by atoms with Gasteiger partial charge in [0.25, 0.3) is 0 Å². The van der Waals surface area contributed by atoms with E-state index in [0.717, 1.165) is 10.2 Å². The Balaban J connectivity index is 0.000000515. The fourth-order valence-electron chi connectivity index (χ4n) is 1.20. The van der Waals surface area contributed by atoms with E-state index in [1.807, 2.05) is 12.1 Å². The summed E-state index contributed by atoms with van der Waals surface area (Å²) in [6, 6.07) is 5.64. The zero-order valence-corrected chi connectivity index (χ0v) is 15.1. The van der Waals surface area contributed by atoms with Gasteiger partial charge in [0.2, 0.25) is 0 Å². The van der Waals surface area contributed by atoms with Crippen LogP contribution in [0.3, 0.4) is 0 Å². The number of carbonyl (C=O) groups excluding carboxylic acids is 1. The molecule has 0 aliphatic carbocycles. The lowest BCUT2D eigenvalue weighted by atomic mass is 10.2. The lowest BCUT2D eigenvalue weighted by molar-refractivity contribution is -0.0510. The average Bonchev–Trinajstić information content (AvgIpc) is 2.35. The molecule has 0 saturated carbocycles. The van der Waals surface area contributed by atoms with Crippen LogP contribution in [0.4, 0.5) is 18.9 Å². The van der Waals surface area contributed by atoms with Gasteiger partial charge in [-0.3, -0.25) is 9.04 Å². The Bertz CT molecular complexity index is 668. The summed E-state index contributed by atoms with van der Waals surface area (Å²) >= 11 is 3.37. The summed E-state index contributed by atoms with van der Waals surface area (Å²) in [7, 11) is 1.74. The maximum absolute atomic E-state index is 11.3. The van der Waals surface area contributed by atoms with E-state index in [-0.39, 0.29) is 5.97 Å². The molecule has 0 atom stereocenters. The quantitative estimate of drug-likeness (QED) is 0.343. The monoisotopic (exact) mass is 422 g/mol. The van der Waals surface area contributed by atoms with E-state index in [0.29, 0.717) is 10.0 Å². The number of rotatable bonds is 2. The second kappa shape index (κ2) is 7.60. The second-order valence-electron chi connectivity index (χ2n) is 5.09. The zero-order valence-electron chi connectivity index (χ0n) is 12.7. The second-order valence-corrected chi connectivity index (χ2v) is 7.36. The first-order chi connectivity index (χ1) is 10.1. The first-order valence-electron chi connectivity index (χ1n) is 5.85. The molecule has 1 aromatic carbocycles. The predicted molar refractivity (Wildman–Crippen MR) is 82.7 cm³/mol. The molecule has 0 aliphatic heterocycles. The van der Waals surface area contributed by atoms with Crippen molar-refractivity contribution in [1.29, 1.82) is 0 Å². The van der Waals surface area contributed by atoms with Crippen molar-refractivity contribution in [3.8, 4) is 0 Å². The maximum Gasteiger partial charge on any atom is 0.522 e. The van der Waals surface area contributed by atoms with Gasteiger partial charge in [-0.2, -0.15) is 21.6 Å². The number of nitrogens with zero attached hydrogens (tertiary/aromatic N) is 1. The number of alkyl halides is 3. The summed E-state index contributed by atoms with van der Waals surface area (Å²) < 4.78 is 63.7. The van der Waals surface area contributed by atoms with Gasteiger partial charge >= 0.3 is 21.6 Å². The van der Waals surface area contributed by atoms with Gasteiger partial charge < -0.3 is 4.74 Å². The van der Waals surface area contributed by atoms with Gasteiger partial charge in [0.1, 0.15) is 5.69 Å². The summed E-state index contributed by atoms with van der Waals surface area (Å²) in [5.41, 5.74) is -3.86. The summed E-state index contributed by atoms with van der Waals surface area (Å²) in [6.07, 6.45) is 0. The van der Waals surface area contributed by atoms with Crippen LogP contribution in [0.25, 0.3) is 0 Å². The molecular weight excluding hydrogens is 407 g/mol. The number of quaternary nitrogens is 1.